The van der Waals surface area contributed by atoms with Crippen molar-refractivity contribution in [1.29, 1.82) is 0 Å². The highest BCUT2D eigenvalue weighted by atomic mass is 32.1. The van der Waals surface area contributed by atoms with Crippen LogP contribution < -0.4 is 5.32 Å². The van der Waals surface area contributed by atoms with Crippen molar-refractivity contribution >= 4 is 16.3 Å². The molecule has 5 heteroatoms. The largest absolute Gasteiger partial charge is 0.324 e. The third kappa shape index (κ3) is 3.05. The number of benzene rings is 1. The fourth-order valence-corrected chi connectivity index (χ4v) is 3.19. The van der Waals surface area contributed by atoms with Gasteiger partial charge in [-0.05, 0) is 30.4 Å². The van der Waals surface area contributed by atoms with E-state index in [2.05, 4.69) is 29.6 Å². The van der Waals surface area contributed by atoms with E-state index in [1.165, 1.54) is 29.7 Å². The van der Waals surface area contributed by atoms with E-state index in [9.17, 15) is 10.1 Å². The van der Waals surface area contributed by atoms with Crippen molar-refractivity contribution < 1.29 is 4.92 Å². The van der Waals surface area contributed by atoms with Crippen LogP contribution in [0.1, 0.15) is 29.3 Å². The third-order valence-corrected chi connectivity index (χ3v) is 4.61. The van der Waals surface area contributed by atoms with Gasteiger partial charge in [-0.1, -0.05) is 41.7 Å². The molecule has 4 nitrogen and oxygen atoms in total. The van der Waals surface area contributed by atoms with Crippen LogP contribution in [0.4, 0.5) is 5.00 Å². The first kappa shape index (κ1) is 13.3. The van der Waals surface area contributed by atoms with Crippen LogP contribution in [0.2, 0.25) is 0 Å². The zero-order valence-electron chi connectivity index (χ0n) is 11.0. The Kier molecular flexibility index (Phi) is 3.80. The fourth-order valence-electron chi connectivity index (χ4n) is 2.42. The van der Waals surface area contributed by atoms with Crippen molar-refractivity contribution in [3.63, 3.8) is 0 Å². The molecule has 0 aliphatic heterocycles. The number of nitrogens with zero attached hydrogens (tertiary/aromatic N) is 1. The van der Waals surface area contributed by atoms with Gasteiger partial charge >= 0.3 is 5.00 Å². The average molecular weight is 288 g/mol. The van der Waals surface area contributed by atoms with Crippen molar-refractivity contribution in [3.05, 3.63) is 63.0 Å². The molecule has 1 N–H and O–H groups in total. The van der Waals surface area contributed by atoms with Gasteiger partial charge in [0.15, 0.2) is 0 Å². The molecule has 0 radical (unpaired) electrons. The predicted molar refractivity (Wildman–Crippen MR) is 79.7 cm³/mol. The lowest BCUT2D eigenvalue weighted by atomic mass is 10.0. The topological polar surface area (TPSA) is 55.2 Å². The molecular weight excluding hydrogens is 272 g/mol. The van der Waals surface area contributed by atoms with Crippen molar-refractivity contribution in [2.75, 3.05) is 0 Å². The number of hydrogen-bond donors (Lipinski definition) is 1. The Bertz CT molecular complexity index is 593. The monoisotopic (exact) mass is 288 g/mol. The number of nitro groups is 1. The van der Waals surface area contributed by atoms with Crippen LogP contribution in [-0.2, 0) is 6.54 Å². The van der Waals surface area contributed by atoms with Crippen molar-refractivity contribution in [2.24, 2.45) is 5.92 Å². The Morgan fingerprint density at radius 3 is 2.60 bits per heavy atom. The van der Waals surface area contributed by atoms with Crippen molar-refractivity contribution in [1.82, 2.24) is 5.32 Å². The van der Waals surface area contributed by atoms with Gasteiger partial charge in [0.2, 0.25) is 0 Å². The first-order valence-corrected chi connectivity index (χ1v) is 7.57. The molecule has 0 amide bonds. The number of rotatable bonds is 6. The van der Waals surface area contributed by atoms with Crippen LogP contribution in [0.5, 0.6) is 0 Å². The van der Waals surface area contributed by atoms with E-state index < -0.39 is 0 Å². The molecule has 1 aliphatic carbocycles. The molecule has 0 bridgehead atoms. The summed E-state index contributed by atoms with van der Waals surface area (Å²) >= 11 is 1.25. The first-order chi connectivity index (χ1) is 9.74. The highest BCUT2D eigenvalue weighted by Crippen LogP contribution is 2.41. The van der Waals surface area contributed by atoms with E-state index in [-0.39, 0.29) is 9.92 Å². The summed E-state index contributed by atoms with van der Waals surface area (Å²) < 4.78 is 0. The average Bonchev–Trinajstić information content (AvgIpc) is 3.17. The molecular formula is C15H16N2O2S. The summed E-state index contributed by atoms with van der Waals surface area (Å²) in [4.78, 5) is 11.4. The summed E-state index contributed by atoms with van der Waals surface area (Å²) in [6.45, 7) is 0.689. The Labute approximate surface area is 121 Å². The lowest BCUT2D eigenvalue weighted by Crippen LogP contribution is -2.22. The minimum atomic E-state index is -0.330. The standard InChI is InChI=1S/C15H16N2O2S/c18-17(19)14-9-8-13(20-14)10-16-15(12-6-7-12)11-4-2-1-3-5-11/h1-5,8-9,12,15-16H,6-7,10H2. The quantitative estimate of drug-likeness (QED) is 0.648. The molecule has 1 heterocycles. The second-order valence-electron chi connectivity index (χ2n) is 5.10. The molecule has 1 aliphatic rings. The van der Waals surface area contributed by atoms with E-state index in [4.69, 9.17) is 0 Å². The van der Waals surface area contributed by atoms with Crippen LogP contribution in [0.25, 0.3) is 0 Å². The summed E-state index contributed by atoms with van der Waals surface area (Å²) in [5.41, 5.74) is 1.31. The molecule has 1 unspecified atom stereocenters. The van der Waals surface area contributed by atoms with Gasteiger partial charge in [0, 0.05) is 23.5 Å². The van der Waals surface area contributed by atoms with Crippen molar-refractivity contribution in [2.45, 2.75) is 25.4 Å². The van der Waals surface area contributed by atoms with Crippen LogP contribution in [-0.4, -0.2) is 4.92 Å². The van der Waals surface area contributed by atoms with Gasteiger partial charge in [-0.2, -0.15) is 0 Å². The Morgan fingerprint density at radius 1 is 1.25 bits per heavy atom. The first-order valence-electron chi connectivity index (χ1n) is 6.75. The minimum absolute atomic E-state index is 0.212. The van der Waals surface area contributed by atoms with E-state index >= 15 is 0 Å². The van der Waals surface area contributed by atoms with Crippen LogP contribution >= 0.6 is 11.3 Å². The van der Waals surface area contributed by atoms with E-state index in [0.29, 0.717) is 18.5 Å². The molecule has 0 saturated heterocycles. The molecule has 1 fully saturated rings. The van der Waals surface area contributed by atoms with Crippen LogP contribution in [0.3, 0.4) is 0 Å². The molecule has 2 aromatic rings. The van der Waals surface area contributed by atoms with Gasteiger partial charge < -0.3 is 5.32 Å². The Morgan fingerprint density at radius 2 is 2.00 bits per heavy atom. The summed E-state index contributed by atoms with van der Waals surface area (Å²) in [7, 11) is 0. The molecule has 1 aromatic carbocycles. The Balaban J connectivity index is 1.67. The highest BCUT2D eigenvalue weighted by Gasteiger charge is 2.31. The van der Waals surface area contributed by atoms with Gasteiger partial charge in [-0.15, -0.1) is 0 Å². The van der Waals surface area contributed by atoms with Gasteiger partial charge in [-0.3, -0.25) is 10.1 Å². The summed E-state index contributed by atoms with van der Waals surface area (Å²) in [5, 5.41) is 14.5. The maximum Gasteiger partial charge on any atom is 0.324 e. The van der Waals surface area contributed by atoms with Gasteiger partial charge in [0.1, 0.15) is 0 Å². The molecule has 1 atom stereocenters. The van der Waals surface area contributed by atoms with Gasteiger partial charge in [-0.25, -0.2) is 0 Å². The maximum atomic E-state index is 10.7. The lowest BCUT2D eigenvalue weighted by Gasteiger charge is -2.18. The highest BCUT2D eigenvalue weighted by molar-refractivity contribution is 7.15. The lowest BCUT2D eigenvalue weighted by molar-refractivity contribution is -0.380. The third-order valence-electron chi connectivity index (χ3n) is 3.58. The predicted octanol–water partition coefficient (Wildman–Crippen LogP) is 3.90. The second-order valence-corrected chi connectivity index (χ2v) is 6.25. The van der Waals surface area contributed by atoms with E-state index in [0.717, 1.165) is 4.88 Å². The summed E-state index contributed by atoms with van der Waals surface area (Å²) in [6.07, 6.45) is 2.52. The Hall–Kier alpha value is -1.72. The smallest absolute Gasteiger partial charge is 0.305 e. The number of hydrogen-bond acceptors (Lipinski definition) is 4. The van der Waals surface area contributed by atoms with Crippen molar-refractivity contribution in [3.8, 4) is 0 Å². The molecule has 3 rings (SSSR count). The zero-order valence-corrected chi connectivity index (χ0v) is 11.8. The van der Waals surface area contributed by atoms with E-state index in [1.54, 1.807) is 6.07 Å². The maximum absolute atomic E-state index is 10.7. The summed E-state index contributed by atoms with van der Waals surface area (Å²) in [5.74, 6) is 0.701. The normalized spacial score (nSPS) is 16.0. The minimum Gasteiger partial charge on any atom is -0.305 e. The van der Waals surface area contributed by atoms with E-state index in [1.807, 2.05) is 12.1 Å². The molecule has 1 saturated carbocycles. The number of nitrogens with one attached hydrogen (secondary N) is 1. The van der Waals surface area contributed by atoms with Gasteiger partial charge in [0.05, 0.1) is 4.92 Å². The molecule has 20 heavy (non-hydrogen) atoms. The SMILES string of the molecule is O=[N+]([O-])c1ccc(CNC(c2ccccc2)C2CC2)s1. The zero-order chi connectivity index (χ0) is 13.9. The second kappa shape index (κ2) is 5.73. The van der Waals surface area contributed by atoms with Crippen LogP contribution in [0, 0.1) is 16.0 Å². The molecule has 104 valence electrons. The summed E-state index contributed by atoms with van der Waals surface area (Å²) in [6, 6.07) is 14.2. The van der Waals surface area contributed by atoms with Gasteiger partial charge in [0.25, 0.3) is 0 Å². The fraction of sp³-hybridized carbons (Fsp3) is 0.333. The molecule has 1 aromatic heterocycles. The molecule has 0 spiro atoms. The van der Waals surface area contributed by atoms with Crippen LogP contribution in [0.15, 0.2) is 42.5 Å². The number of thiophene rings is 1.